The summed E-state index contributed by atoms with van der Waals surface area (Å²) >= 11 is 0. The quantitative estimate of drug-likeness (QED) is 0.576. The molecule has 1 rings (SSSR count). The van der Waals surface area contributed by atoms with Crippen LogP contribution in [0.3, 0.4) is 0 Å². The van der Waals surface area contributed by atoms with E-state index in [2.05, 4.69) is 18.8 Å². The van der Waals surface area contributed by atoms with Gasteiger partial charge in [0.05, 0.1) is 6.04 Å². The molecular formula is C8H15NO. The van der Waals surface area contributed by atoms with E-state index >= 15 is 0 Å². The molecule has 2 nitrogen and oxygen atoms in total. The second kappa shape index (κ2) is 3.04. The van der Waals surface area contributed by atoms with Gasteiger partial charge in [-0.25, -0.2) is 4.99 Å². The summed E-state index contributed by atoms with van der Waals surface area (Å²) in [6.07, 6.45) is 2.51. The van der Waals surface area contributed by atoms with Crippen LogP contribution in [0, 0.1) is 0 Å². The molecule has 0 fully saturated rings. The summed E-state index contributed by atoms with van der Waals surface area (Å²) in [4.78, 5) is 4.35. The first-order chi connectivity index (χ1) is 4.77. The zero-order chi connectivity index (χ0) is 7.56. The number of nitrogens with zero attached hydrogens (tertiary/aromatic N) is 1. The second-order valence-electron chi connectivity index (χ2n) is 2.69. The average Bonchev–Trinajstić information content (AvgIpc) is 2.30. The van der Waals surface area contributed by atoms with Crippen molar-refractivity contribution in [3.63, 3.8) is 0 Å². The molecule has 0 aromatic rings. The fourth-order valence-corrected chi connectivity index (χ4v) is 1.35. The van der Waals surface area contributed by atoms with E-state index in [1.54, 1.807) is 0 Å². The monoisotopic (exact) mass is 141 g/mol. The summed E-state index contributed by atoms with van der Waals surface area (Å²) in [5.41, 5.74) is 0. The Morgan fingerprint density at radius 2 is 2.10 bits per heavy atom. The number of hydrogen-bond acceptors (Lipinski definition) is 2. The lowest BCUT2D eigenvalue weighted by Crippen LogP contribution is -2.20. The minimum atomic E-state index is 0.352. The molecule has 0 saturated carbocycles. The number of hydrogen-bond donors (Lipinski definition) is 0. The maximum atomic E-state index is 5.46. The van der Waals surface area contributed by atoms with Gasteiger partial charge in [0.2, 0.25) is 0 Å². The van der Waals surface area contributed by atoms with Gasteiger partial charge in [-0.1, -0.05) is 13.8 Å². The van der Waals surface area contributed by atoms with Crippen molar-refractivity contribution in [1.29, 1.82) is 0 Å². The minimum absolute atomic E-state index is 0.352. The smallest absolute Gasteiger partial charge is 0.180 e. The molecule has 0 N–H and O–H groups in total. The standard InChI is InChI=1S/C8H15NO/c1-4-7-8(5-2)10-6(3)9-7/h7-8H,4-5H2,1-3H3. The average molecular weight is 141 g/mol. The minimum Gasteiger partial charge on any atom is -0.476 e. The van der Waals surface area contributed by atoms with Crippen LogP contribution in [0.15, 0.2) is 4.99 Å². The van der Waals surface area contributed by atoms with Gasteiger partial charge >= 0.3 is 0 Å². The third-order valence-electron chi connectivity index (χ3n) is 1.92. The van der Waals surface area contributed by atoms with Crippen molar-refractivity contribution in [2.75, 3.05) is 0 Å². The Morgan fingerprint density at radius 1 is 1.40 bits per heavy atom. The van der Waals surface area contributed by atoms with Gasteiger partial charge in [0, 0.05) is 6.92 Å². The molecule has 0 spiro atoms. The predicted octanol–water partition coefficient (Wildman–Crippen LogP) is 1.99. The number of rotatable bonds is 2. The molecule has 1 aliphatic rings. The summed E-state index contributed by atoms with van der Waals surface area (Å²) in [6.45, 7) is 6.22. The van der Waals surface area contributed by atoms with Gasteiger partial charge < -0.3 is 4.74 Å². The van der Waals surface area contributed by atoms with E-state index < -0.39 is 0 Å². The van der Waals surface area contributed by atoms with E-state index in [1.807, 2.05) is 6.92 Å². The van der Waals surface area contributed by atoms with Crippen LogP contribution in [0.4, 0.5) is 0 Å². The summed E-state index contributed by atoms with van der Waals surface area (Å²) < 4.78 is 5.46. The van der Waals surface area contributed by atoms with Crippen molar-refractivity contribution in [2.45, 2.75) is 45.8 Å². The molecule has 0 amide bonds. The maximum absolute atomic E-state index is 5.46. The molecule has 1 aliphatic heterocycles. The van der Waals surface area contributed by atoms with Gasteiger partial charge in [-0.05, 0) is 12.8 Å². The van der Waals surface area contributed by atoms with Gasteiger partial charge in [0.15, 0.2) is 5.90 Å². The lowest BCUT2D eigenvalue weighted by Gasteiger charge is -2.12. The fraction of sp³-hybridized carbons (Fsp3) is 0.875. The molecule has 0 saturated heterocycles. The summed E-state index contributed by atoms with van der Waals surface area (Å²) in [7, 11) is 0. The molecule has 0 aromatic heterocycles. The molecule has 0 radical (unpaired) electrons. The molecule has 0 aromatic carbocycles. The molecule has 0 aliphatic carbocycles. The molecule has 10 heavy (non-hydrogen) atoms. The topological polar surface area (TPSA) is 21.6 Å². The second-order valence-corrected chi connectivity index (χ2v) is 2.69. The highest BCUT2D eigenvalue weighted by Gasteiger charge is 2.25. The zero-order valence-corrected chi connectivity index (χ0v) is 6.92. The van der Waals surface area contributed by atoms with Gasteiger partial charge in [0.25, 0.3) is 0 Å². The van der Waals surface area contributed by atoms with Crippen LogP contribution >= 0.6 is 0 Å². The van der Waals surface area contributed by atoms with Crippen molar-refractivity contribution in [2.24, 2.45) is 4.99 Å². The van der Waals surface area contributed by atoms with E-state index in [-0.39, 0.29) is 0 Å². The Morgan fingerprint density at radius 3 is 2.50 bits per heavy atom. The van der Waals surface area contributed by atoms with Crippen LogP contribution in [-0.4, -0.2) is 18.0 Å². The SMILES string of the molecule is CCC1N=C(C)OC1CC. The first-order valence-corrected chi connectivity index (χ1v) is 3.99. The lowest BCUT2D eigenvalue weighted by molar-refractivity contribution is 0.184. The molecule has 2 heteroatoms. The van der Waals surface area contributed by atoms with E-state index in [9.17, 15) is 0 Å². The normalized spacial score (nSPS) is 31.7. The Kier molecular flexibility index (Phi) is 2.30. The van der Waals surface area contributed by atoms with Crippen molar-refractivity contribution in [3.05, 3.63) is 0 Å². The van der Waals surface area contributed by atoms with Crippen molar-refractivity contribution in [3.8, 4) is 0 Å². The van der Waals surface area contributed by atoms with Gasteiger partial charge in [-0.2, -0.15) is 0 Å². The molecule has 58 valence electrons. The Hall–Kier alpha value is -0.530. The number of ether oxygens (including phenoxy) is 1. The van der Waals surface area contributed by atoms with Gasteiger partial charge in [0.1, 0.15) is 6.10 Å². The van der Waals surface area contributed by atoms with Crippen molar-refractivity contribution < 1.29 is 4.74 Å². The zero-order valence-electron chi connectivity index (χ0n) is 6.92. The molecule has 2 unspecified atom stereocenters. The lowest BCUT2D eigenvalue weighted by atomic mass is 10.1. The first kappa shape index (κ1) is 7.58. The highest BCUT2D eigenvalue weighted by atomic mass is 16.5. The Balaban J connectivity index is 2.52. The largest absolute Gasteiger partial charge is 0.476 e. The molecule has 0 bridgehead atoms. The molecular weight excluding hydrogens is 126 g/mol. The maximum Gasteiger partial charge on any atom is 0.180 e. The van der Waals surface area contributed by atoms with Crippen LogP contribution in [0.25, 0.3) is 0 Å². The summed E-state index contributed by atoms with van der Waals surface area (Å²) in [5.74, 6) is 0.860. The highest BCUT2D eigenvalue weighted by Crippen LogP contribution is 2.18. The predicted molar refractivity (Wildman–Crippen MR) is 42.4 cm³/mol. The van der Waals surface area contributed by atoms with Crippen LogP contribution < -0.4 is 0 Å². The molecule has 1 heterocycles. The third kappa shape index (κ3) is 1.31. The van der Waals surface area contributed by atoms with E-state index in [0.29, 0.717) is 12.1 Å². The van der Waals surface area contributed by atoms with E-state index in [4.69, 9.17) is 4.74 Å². The van der Waals surface area contributed by atoms with Crippen LogP contribution in [0.1, 0.15) is 33.6 Å². The van der Waals surface area contributed by atoms with Crippen LogP contribution in [0.5, 0.6) is 0 Å². The highest BCUT2D eigenvalue weighted by molar-refractivity contribution is 5.75. The van der Waals surface area contributed by atoms with Gasteiger partial charge in [-0.15, -0.1) is 0 Å². The summed E-state index contributed by atoms with van der Waals surface area (Å²) in [5, 5.41) is 0. The van der Waals surface area contributed by atoms with Crippen LogP contribution in [-0.2, 0) is 4.74 Å². The van der Waals surface area contributed by atoms with Crippen molar-refractivity contribution >= 4 is 5.90 Å². The third-order valence-corrected chi connectivity index (χ3v) is 1.92. The Bertz CT molecular complexity index is 142. The van der Waals surface area contributed by atoms with Crippen molar-refractivity contribution in [1.82, 2.24) is 0 Å². The number of aliphatic imine (C=N–C) groups is 1. The first-order valence-electron chi connectivity index (χ1n) is 3.99. The summed E-state index contributed by atoms with van der Waals surface area (Å²) in [6, 6.07) is 0.421. The Labute approximate surface area is 62.3 Å². The van der Waals surface area contributed by atoms with E-state index in [0.717, 1.165) is 18.7 Å². The van der Waals surface area contributed by atoms with E-state index in [1.165, 1.54) is 0 Å². The van der Waals surface area contributed by atoms with Crippen LogP contribution in [0.2, 0.25) is 0 Å². The molecule has 2 atom stereocenters. The fourth-order valence-electron chi connectivity index (χ4n) is 1.35. The van der Waals surface area contributed by atoms with Gasteiger partial charge in [-0.3, -0.25) is 0 Å².